The van der Waals surface area contributed by atoms with Crippen molar-refractivity contribution in [1.29, 1.82) is 0 Å². The van der Waals surface area contributed by atoms with Crippen molar-refractivity contribution in [3.05, 3.63) is 48.9 Å². The molecule has 0 radical (unpaired) electrons. The van der Waals surface area contributed by atoms with Crippen LogP contribution in [0, 0.1) is 0 Å². The second-order valence-electron chi connectivity index (χ2n) is 7.57. The Balaban J connectivity index is 1.47. The molecule has 0 unspecified atom stereocenters. The van der Waals surface area contributed by atoms with E-state index in [1.54, 1.807) is 6.20 Å². The second kappa shape index (κ2) is 6.91. The van der Waals surface area contributed by atoms with E-state index in [9.17, 15) is 0 Å². The largest absolute Gasteiger partial charge is 0.370 e. The van der Waals surface area contributed by atoms with Gasteiger partial charge in [0.15, 0.2) is 17.2 Å². The molecule has 8 heteroatoms. The van der Waals surface area contributed by atoms with Crippen LogP contribution in [-0.4, -0.2) is 48.2 Å². The summed E-state index contributed by atoms with van der Waals surface area (Å²) in [5.74, 6) is 0.670. The Labute approximate surface area is 172 Å². The number of aromatic nitrogens is 7. The van der Waals surface area contributed by atoms with Crippen LogP contribution in [-0.2, 0) is 0 Å². The normalized spacial score (nSPS) is 14.6. The summed E-state index contributed by atoms with van der Waals surface area (Å²) in [6.45, 7) is 2.12. The molecule has 5 aromatic rings. The monoisotopic (exact) mass is 396 g/mol. The first kappa shape index (κ1) is 17.1. The number of nitrogens with zero attached hydrogens (tertiary/aromatic N) is 6. The van der Waals surface area contributed by atoms with Crippen LogP contribution < -0.4 is 4.90 Å². The van der Waals surface area contributed by atoms with Crippen molar-refractivity contribution in [3.63, 3.8) is 0 Å². The molecular weight excluding hydrogens is 376 g/mol. The summed E-state index contributed by atoms with van der Waals surface area (Å²) >= 11 is 0. The summed E-state index contributed by atoms with van der Waals surface area (Å²) in [5.41, 5.74) is 6.93. The first-order valence-corrected chi connectivity index (χ1v) is 10.2. The van der Waals surface area contributed by atoms with Crippen LogP contribution in [0.5, 0.6) is 0 Å². The fraction of sp³-hybridized carbons (Fsp3) is 0.227. The number of piperidine rings is 1. The first-order valence-electron chi connectivity index (χ1n) is 10.2. The van der Waals surface area contributed by atoms with E-state index in [-0.39, 0.29) is 0 Å². The molecule has 6 heterocycles. The highest BCUT2D eigenvalue weighted by atomic mass is 15.2. The molecule has 1 aliphatic rings. The molecule has 0 spiro atoms. The Morgan fingerprint density at radius 1 is 0.900 bits per heavy atom. The van der Waals surface area contributed by atoms with Crippen molar-refractivity contribution in [2.75, 3.05) is 18.0 Å². The maximum Gasteiger partial charge on any atom is 0.162 e. The standard InChI is InChI=1S/C22H20N8/c1-2-11-30(12-3-1)17-8-10-24-21-19(17)26-22(27-21)20-18-16(28-29-20)7-6-15(25-18)14-5-4-9-23-13-14/h4-10,13H,1-3,11-12H2,(H,28,29)(H,24,26,27). The summed E-state index contributed by atoms with van der Waals surface area (Å²) in [4.78, 5) is 24.2. The Hall–Kier alpha value is -3.81. The van der Waals surface area contributed by atoms with E-state index in [1.807, 2.05) is 36.7 Å². The Morgan fingerprint density at radius 2 is 1.83 bits per heavy atom. The third-order valence-electron chi connectivity index (χ3n) is 5.65. The van der Waals surface area contributed by atoms with Crippen molar-refractivity contribution >= 4 is 27.9 Å². The molecule has 5 aromatic heterocycles. The highest BCUT2D eigenvalue weighted by Crippen LogP contribution is 2.31. The smallest absolute Gasteiger partial charge is 0.162 e. The highest BCUT2D eigenvalue weighted by molar-refractivity contribution is 5.93. The topological polar surface area (TPSA) is 99.3 Å². The van der Waals surface area contributed by atoms with Crippen LogP contribution in [0.4, 0.5) is 5.69 Å². The summed E-state index contributed by atoms with van der Waals surface area (Å²) < 4.78 is 0. The predicted octanol–water partition coefficient (Wildman–Crippen LogP) is 3.95. The molecule has 6 rings (SSSR count). The van der Waals surface area contributed by atoms with Gasteiger partial charge in [-0.25, -0.2) is 15.0 Å². The lowest BCUT2D eigenvalue weighted by molar-refractivity contribution is 0.578. The summed E-state index contributed by atoms with van der Waals surface area (Å²) in [6.07, 6.45) is 9.13. The molecule has 1 saturated heterocycles. The number of hydrogen-bond acceptors (Lipinski definition) is 6. The third-order valence-corrected chi connectivity index (χ3v) is 5.65. The van der Waals surface area contributed by atoms with E-state index < -0.39 is 0 Å². The number of imidazole rings is 1. The molecule has 2 N–H and O–H groups in total. The summed E-state index contributed by atoms with van der Waals surface area (Å²) in [7, 11) is 0. The molecule has 148 valence electrons. The Bertz CT molecular complexity index is 1330. The van der Waals surface area contributed by atoms with E-state index in [2.05, 4.69) is 36.1 Å². The molecule has 0 atom stereocenters. The van der Waals surface area contributed by atoms with Gasteiger partial charge in [-0.05, 0) is 49.6 Å². The van der Waals surface area contributed by atoms with Gasteiger partial charge in [0.25, 0.3) is 0 Å². The Kier molecular flexibility index (Phi) is 3.93. The average molecular weight is 396 g/mol. The van der Waals surface area contributed by atoms with Crippen LogP contribution in [0.15, 0.2) is 48.9 Å². The quantitative estimate of drug-likeness (QED) is 0.479. The van der Waals surface area contributed by atoms with Crippen LogP contribution >= 0.6 is 0 Å². The molecule has 1 aliphatic heterocycles. The Morgan fingerprint density at radius 3 is 2.70 bits per heavy atom. The van der Waals surface area contributed by atoms with Gasteiger partial charge < -0.3 is 9.88 Å². The molecule has 0 amide bonds. The molecule has 1 fully saturated rings. The molecule has 0 aromatic carbocycles. The predicted molar refractivity (Wildman–Crippen MR) is 116 cm³/mol. The van der Waals surface area contributed by atoms with Gasteiger partial charge in [0, 0.05) is 37.2 Å². The van der Waals surface area contributed by atoms with Gasteiger partial charge in [0.05, 0.1) is 16.9 Å². The van der Waals surface area contributed by atoms with Crippen LogP contribution in [0.2, 0.25) is 0 Å². The van der Waals surface area contributed by atoms with Gasteiger partial charge in [-0.2, -0.15) is 5.10 Å². The molecule has 0 saturated carbocycles. The van der Waals surface area contributed by atoms with Gasteiger partial charge in [0.2, 0.25) is 0 Å². The molecular formula is C22H20N8. The number of rotatable bonds is 3. The van der Waals surface area contributed by atoms with Crippen molar-refractivity contribution in [3.8, 4) is 22.8 Å². The molecule has 8 nitrogen and oxygen atoms in total. The van der Waals surface area contributed by atoms with Gasteiger partial charge in [-0.15, -0.1) is 0 Å². The second-order valence-corrected chi connectivity index (χ2v) is 7.57. The van der Waals surface area contributed by atoms with Crippen LogP contribution in [0.1, 0.15) is 19.3 Å². The minimum atomic E-state index is 0.670. The third kappa shape index (κ3) is 2.80. The number of pyridine rings is 3. The lowest BCUT2D eigenvalue weighted by atomic mass is 10.1. The van der Waals surface area contributed by atoms with Crippen molar-refractivity contribution < 1.29 is 0 Å². The van der Waals surface area contributed by atoms with E-state index in [1.165, 1.54) is 19.3 Å². The zero-order chi connectivity index (χ0) is 19.9. The van der Waals surface area contributed by atoms with Gasteiger partial charge in [-0.1, -0.05) is 0 Å². The number of fused-ring (bicyclic) bond motifs is 2. The highest BCUT2D eigenvalue weighted by Gasteiger charge is 2.19. The van der Waals surface area contributed by atoms with Crippen molar-refractivity contribution in [2.24, 2.45) is 0 Å². The zero-order valence-corrected chi connectivity index (χ0v) is 16.3. The van der Waals surface area contributed by atoms with E-state index in [0.717, 1.165) is 52.2 Å². The number of aromatic amines is 2. The lowest BCUT2D eigenvalue weighted by Crippen LogP contribution is -2.29. The van der Waals surface area contributed by atoms with Gasteiger partial charge in [0.1, 0.15) is 11.0 Å². The van der Waals surface area contributed by atoms with Crippen molar-refractivity contribution in [2.45, 2.75) is 19.3 Å². The van der Waals surface area contributed by atoms with E-state index in [0.29, 0.717) is 11.5 Å². The SMILES string of the molecule is c1cncc(-c2ccc3[nH]nc(-c4nc5c(N6CCCCC6)ccnc5[nH]4)c3n2)c1. The minimum absolute atomic E-state index is 0.670. The number of H-pyrrole nitrogens is 2. The number of hydrogen-bond donors (Lipinski definition) is 2. The maximum absolute atomic E-state index is 4.89. The van der Waals surface area contributed by atoms with E-state index >= 15 is 0 Å². The number of anilines is 1. The minimum Gasteiger partial charge on any atom is -0.370 e. The van der Waals surface area contributed by atoms with E-state index in [4.69, 9.17) is 9.97 Å². The van der Waals surface area contributed by atoms with Crippen LogP contribution in [0.25, 0.3) is 45.0 Å². The lowest BCUT2D eigenvalue weighted by Gasteiger charge is -2.28. The molecule has 0 bridgehead atoms. The fourth-order valence-electron chi connectivity index (χ4n) is 4.14. The molecule has 0 aliphatic carbocycles. The average Bonchev–Trinajstić information content (AvgIpc) is 3.43. The number of nitrogens with one attached hydrogen (secondary N) is 2. The first-order chi connectivity index (χ1) is 14.9. The summed E-state index contributed by atoms with van der Waals surface area (Å²) in [6, 6.07) is 9.92. The molecule has 30 heavy (non-hydrogen) atoms. The van der Waals surface area contributed by atoms with Gasteiger partial charge in [-0.3, -0.25) is 10.1 Å². The maximum atomic E-state index is 4.89. The van der Waals surface area contributed by atoms with Gasteiger partial charge >= 0.3 is 0 Å². The fourth-order valence-corrected chi connectivity index (χ4v) is 4.14. The van der Waals surface area contributed by atoms with Crippen LogP contribution in [0.3, 0.4) is 0 Å². The zero-order valence-electron chi connectivity index (χ0n) is 16.3. The van der Waals surface area contributed by atoms with Crippen molar-refractivity contribution in [1.82, 2.24) is 35.1 Å². The summed E-state index contributed by atoms with van der Waals surface area (Å²) in [5, 5.41) is 7.57.